The maximum absolute atomic E-state index is 4.35. The minimum absolute atomic E-state index is 0.870. The lowest BCUT2D eigenvalue weighted by Gasteiger charge is -2.27. The summed E-state index contributed by atoms with van der Waals surface area (Å²) >= 11 is 0. The molecule has 0 aromatic heterocycles. The van der Waals surface area contributed by atoms with E-state index < -0.39 is 8.07 Å². The molecule has 0 bridgehead atoms. The van der Waals surface area contributed by atoms with Crippen molar-refractivity contribution in [3.05, 3.63) is 11.8 Å². The van der Waals surface area contributed by atoms with E-state index in [-0.39, 0.29) is 0 Å². The first-order valence-corrected chi connectivity index (χ1v) is 9.21. The van der Waals surface area contributed by atoms with Crippen LogP contribution in [0.4, 0.5) is 0 Å². The van der Waals surface area contributed by atoms with Gasteiger partial charge in [0.1, 0.15) is 0 Å². The van der Waals surface area contributed by atoms with Gasteiger partial charge in [-0.2, -0.15) is 0 Å². The Bertz CT molecular complexity index is 168. The second-order valence-electron chi connectivity index (χ2n) is 5.46. The van der Waals surface area contributed by atoms with Crippen LogP contribution in [0.25, 0.3) is 0 Å². The highest BCUT2D eigenvalue weighted by Crippen LogP contribution is 2.32. The van der Waals surface area contributed by atoms with E-state index in [1.54, 1.807) is 5.20 Å². The highest BCUT2D eigenvalue weighted by Gasteiger charge is 2.25. The van der Waals surface area contributed by atoms with Crippen LogP contribution in [0.5, 0.6) is 0 Å². The van der Waals surface area contributed by atoms with Crippen LogP contribution >= 0.6 is 0 Å². The predicted molar refractivity (Wildman–Crippen MR) is 63.7 cm³/mol. The van der Waals surface area contributed by atoms with Gasteiger partial charge in [-0.25, -0.2) is 0 Å². The predicted octanol–water partition coefficient (Wildman–Crippen LogP) is 4.39. The summed E-state index contributed by atoms with van der Waals surface area (Å²) in [4.78, 5) is 0. The molecule has 0 heterocycles. The molecular formula is C12H24Si. The van der Waals surface area contributed by atoms with Crippen LogP contribution in [0.2, 0.25) is 19.6 Å². The van der Waals surface area contributed by atoms with Gasteiger partial charge in [0, 0.05) is 0 Å². The van der Waals surface area contributed by atoms with Gasteiger partial charge in [0.2, 0.25) is 0 Å². The van der Waals surface area contributed by atoms with Crippen LogP contribution < -0.4 is 0 Å². The van der Waals surface area contributed by atoms with E-state index in [1.165, 1.54) is 38.5 Å². The minimum Gasteiger partial charge on any atom is -0.103 e. The van der Waals surface area contributed by atoms with Crippen LogP contribution in [0.15, 0.2) is 11.8 Å². The van der Waals surface area contributed by atoms with Crippen LogP contribution in [0.3, 0.4) is 0 Å². The van der Waals surface area contributed by atoms with Crippen molar-refractivity contribution in [2.24, 2.45) is 5.92 Å². The van der Waals surface area contributed by atoms with Gasteiger partial charge in [-0.1, -0.05) is 50.5 Å². The molecule has 0 spiro atoms. The first-order valence-electron chi connectivity index (χ1n) is 5.71. The largest absolute Gasteiger partial charge is 0.103 e. The van der Waals surface area contributed by atoms with Crippen LogP contribution in [0, 0.1) is 5.92 Å². The Morgan fingerprint density at radius 3 is 1.85 bits per heavy atom. The van der Waals surface area contributed by atoms with Crippen molar-refractivity contribution in [1.82, 2.24) is 0 Å². The number of allylic oxidation sites excluding steroid dienone is 1. The van der Waals surface area contributed by atoms with Crippen LogP contribution in [0.1, 0.15) is 38.5 Å². The van der Waals surface area contributed by atoms with Gasteiger partial charge in [-0.3, -0.25) is 0 Å². The zero-order valence-electron chi connectivity index (χ0n) is 9.53. The van der Waals surface area contributed by atoms with Gasteiger partial charge in [-0.15, -0.1) is 6.58 Å². The first kappa shape index (κ1) is 11.0. The Morgan fingerprint density at radius 2 is 1.46 bits per heavy atom. The summed E-state index contributed by atoms with van der Waals surface area (Å²) in [5.41, 5.74) is 0. The SMILES string of the molecule is C=C(C1CCCCCC1)[Si](C)(C)C. The lowest BCUT2D eigenvalue weighted by molar-refractivity contribution is 0.547. The molecule has 0 aliphatic heterocycles. The molecule has 1 saturated carbocycles. The monoisotopic (exact) mass is 196 g/mol. The van der Waals surface area contributed by atoms with Crippen molar-refractivity contribution in [3.63, 3.8) is 0 Å². The summed E-state index contributed by atoms with van der Waals surface area (Å²) in [5.74, 6) is 0.870. The van der Waals surface area contributed by atoms with E-state index in [4.69, 9.17) is 0 Å². The molecule has 1 rings (SSSR count). The Labute approximate surface area is 84.4 Å². The summed E-state index contributed by atoms with van der Waals surface area (Å²) in [6, 6.07) is 0. The minimum atomic E-state index is -1.06. The van der Waals surface area contributed by atoms with Crippen molar-refractivity contribution < 1.29 is 0 Å². The van der Waals surface area contributed by atoms with E-state index >= 15 is 0 Å². The van der Waals surface area contributed by atoms with Gasteiger partial charge in [0.05, 0.1) is 8.07 Å². The summed E-state index contributed by atoms with van der Waals surface area (Å²) in [7, 11) is -1.06. The Hall–Kier alpha value is -0.0431. The van der Waals surface area contributed by atoms with Gasteiger partial charge in [0.15, 0.2) is 0 Å². The first-order chi connectivity index (χ1) is 6.02. The summed E-state index contributed by atoms with van der Waals surface area (Å²) in [5, 5.41) is 1.62. The molecule has 0 aromatic carbocycles. The average Bonchev–Trinajstić information content (AvgIpc) is 2.28. The maximum Gasteiger partial charge on any atom is 0.0720 e. The maximum atomic E-state index is 4.35. The van der Waals surface area contributed by atoms with Crippen molar-refractivity contribution in [2.45, 2.75) is 58.2 Å². The second-order valence-corrected chi connectivity index (χ2v) is 10.6. The number of hydrogen-bond donors (Lipinski definition) is 0. The summed E-state index contributed by atoms with van der Waals surface area (Å²) < 4.78 is 0. The van der Waals surface area contributed by atoms with Crippen LogP contribution in [-0.4, -0.2) is 8.07 Å². The molecule has 1 fully saturated rings. The van der Waals surface area contributed by atoms with Crippen LogP contribution in [-0.2, 0) is 0 Å². The van der Waals surface area contributed by atoms with Crippen molar-refractivity contribution >= 4 is 8.07 Å². The summed E-state index contributed by atoms with van der Waals surface area (Å²) in [6.07, 6.45) is 8.62. The average molecular weight is 196 g/mol. The third kappa shape index (κ3) is 3.30. The molecule has 76 valence electrons. The molecular weight excluding hydrogens is 172 g/mol. The number of rotatable bonds is 2. The van der Waals surface area contributed by atoms with E-state index in [1.807, 2.05) is 0 Å². The highest BCUT2D eigenvalue weighted by molar-refractivity contribution is 6.83. The summed E-state index contributed by atoms with van der Waals surface area (Å²) in [6.45, 7) is 11.6. The molecule has 0 unspecified atom stereocenters. The lowest BCUT2D eigenvalue weighted by Crippen LogP contribution is -2.28. The molecule has 0 saturated heterocycles. The molecule has 1 aliphatic carbocycles. The molecule has 0 amide bonds. The lowest BCUT2D eigenvalue weighted by atomic mass is 10.0. The fraction of sp³-hybridized carbons (Fsp3) is 0.833. The van der Waals surface area contributed by atoms with Crippen molar-refractivity contribution in [2.75, 3.05) is 0 Å². The second kappa shape index (κ2) is 4.45. The normalized spacial score (nSPS) is 21.2. The fourth-order valence-electron chi connectivity index (χ4n) is 2.24. The fourth-order valence-corrected chi connectivity index (χ4v) is 3.75. The molecule has 13 heavy (non-hydrogen) atoms. The molecule has 0 radical (unpaired) electrons. The van der Waals surface area contributed by atoms with E-state index in [0.29, 0.717) is 0 Å². The quantitative estimate of drug-likeness (QED) is 0.454. The van der Waals surface area contributed by atoms with Crippen molar-refractivity contribution in [3.8, 4) is 0 Å². The Morgan fingerprint density at radius 1 is 1.00 bits per heavy atom. The molecule has 0 atom stereocenters. The third-order valence-electron chi connectivity index (χ3n) is 3.31. The zero-order chi connectivity index (χ0) is 9.90. The number of hydrogen-bond acceptors (Lipinski definition) is 0. The van der Waals surface area contributed by atoms with E-state index in [9.17, 15) is 0 Å². The van der Waals surface area contributed by atoms with Gasteiger partial charge in [0.25, 0.3) is 0 Å². The zero-order valence-corrected chi connectivity index (χ0v) is 10.5. The molecule has 0 N–H and O–H groups in total. The third-order valence-corrected chi connectivity index (χ3v) is 5.65. The Kier molecular flexibility index (Phi) is 3.78. The molecule has 0 aromatic rings. The van der Waals surface area contributed by atoms with Crippen molar-refractivity contribution in [1.29, 1.82) is 0 Å². The standard InChI is InChI=1S/C12H24Si/c1-11(13(2,3)4)12-9-7-5-6-8-10-12/h12H,1,5-10H2,2-4H3. The molecule has 0 nitrogen and oxygen atoms in total. The van der Waals surface area contributed by atoms with Gasteiger partial charge < -0.3 is 0 Å². The smallest absolute Gasteiger partial charge is 0.0720 e. The van der Waals surface area contributed by atoms with Gasteiger partial charge >= 0.3 is 0 Å². The topological polar surface area (TPSA) is 0 Å². The highest BCUT2D eigenvalue weighted by atomic mass is 28.3. The van der Waals surface area contributed by atoms with E-state index in [2.05, 4.69) is 26.2 Å². The Balaban J connectivity index is 2.54. The van der Waals surface area contributed by atoms with Gasteiger partial charge in [-0.05, 0) is 18.8 Å². The molecule has 1 aliphatic rings. The molecule has 1 heteroatoms. The van der Waals surface area contributed by atoms with E-state index in [0.717, 1.165) is 5.92 Å².